The van der Waals surface area contributed by atoms with E-state index in [9.17, 15) is 12.8 Å². The molecule has 0 saturated carbocycles. The summed E-state index contributed by atoms with van der Waals surface area (Å²) >= 11 is 6.64. The van der Waals surface area contributed by atoms with E-state index in [1.807, 2.05) is 0 Å². The first-order chi connectivity index (χ1) is 17.8. The number of methoxy groups -OCH3 is 2. The lowest BCUT2D eigenvalue weighted by molar-refractivity contribution is 0.393. The van der Waals surface area contributed by atoms with Gasteiger partial charge in [0.05, 0.1) is 30.2 Å². The molecule has 0 aliphatic heterocycles. The number of anilines is 1. The van der Waals surface area contributed by atoms with Crippen LogP contribution < -0.4 is 14.2 Å². The molecule has 5 aromatic rings. The molecule has 0 saturated heterocycles. The third-order valence-electron chi connectivity index (χ3n) is 5.58. The minimum absolute atomic E-state index is 0.0411. The summed E-state index contributed by atoms with van der Waals surface area (Å²) in [4.78, 5) is -0.0557. The number of sulfonamides is 1. The van der Waals surface area contributed by atoms with Gasteiger partial charge in [-0.1, -0.05) is 35.0 Å². The van der Waals surface area contributed by atoms with Crippen molar-refractivity contribution in [1.82, 2.24) is 15.4 Å². The van der Waals surface area contributed by atoms with Crippen LogP contribution in [0.25, 0.3) is 33.2 Å². The zero-order valence-corrected chi connectivity index (χ0v) is 21.0. The smallest absolute Gasteiger partial charge is 0.263 e. The fourth-order valence-electron chi connectivity index (χ4n) is 3.90. The monoisotopic (exact) mass is 540 g/mol. The van der Waals surface area contributed by atoms with Gasteiger partial charge in [0.15, 0.2) is 5.82 Å². The van der Waals surface area contributed by atoms with E-state index in [2.05, 4.69) is 24.6 Å². The third-order valence-corrected chi connectivity index (χ3v) is 7.24. The average Bonchev–Trinajstić information content (AvgIpc) is 3.39. The van der Waals surface area contributed by atoms with Crippen molar-refractivity contribution in [2.24, 2.45) is 0 Å². The molecule has 0 unspecified atom stereocenters. The highest BCUT2D eigenvalue weighted by atomic mass is 35.5. The third kappa shape index (κ3) is 4.66. The Kier molecular flexibility index (Phi) is 6.40. The van der Waals surface area contributed by atoms with Crippen molar-refractivity contribution >= 4 is 38.3 Å². The minimum Gasteiger partial charge on any atom is -0.496 e. The Morgan fingerprint density at radius 3 is 2.51 bits per heavy atom. The molecule has 0 radical (unpaired) electrons. The van der Waals surface area contributed by atoms with Crippen LogP contribution in [0.1, 0.15) is 0 Å². The molecule has 1 N–H and O–H groups in total. The Labute approximate surface area is 215 Å². The predicted octanol–water partition coefficient (Wildman–Crippen LogP) is 5.56. The molecule has 2 heterocycles. The van der Waals surface area contributed by atoms with Gasteiger partial charge in [-0.05, 0) is 42.0 Å². The van der Waals surface area contributed by atoms with Crippen molar-refractivity contribution in [1.29, 1.82) is 0 Å². The highest BCUT2D eigenvalue weighted by molar-refractivity contribution is 7.92. The standard InChI is InChI=1S/C25H18ClFN4O5S/c1-34-22-13-18(14-4-3-5-15(27)10-14)20(26)12-19(22)24-17-7-6-16(11-21(17)28-29-25(24)35-2)37(32,33)31-23-8-9-36-30-23/h3-13H,1-2H3,(H,30,31). The molecule has 188 valence electrons. The van der Waals surface area contributed by atoms with Crippen LogP contribution in [0.3, 0.4) is 0 Å². The number of fused-ring (bicyclic) bond motifs is 1. The van der Waals surface area contributed by atoms with Crippen molar-refractivity contribution in [2.75, 3.05) is 18.9 Å². The molecule has 0 spiro atoms. The normalized spacial score (nSPS) is 11.5. The van der Waals surface area contributed by atoms with Crippen molar-refractivity contribution < 1.29 is 26.8 Å². The van der Waals surface area contributed by atoms with Gasteiger partial charge >= 0.3 is 0 Å². The molecular weight excluding hydrogens is 523 g/mol. The van der Waals surface area contributed by atoms with Gasteiger partial charge in [-0.15, -0.1) is 10.2 Å². The van der Waals surface area contributed by atoms with Crippen molar-refractivity contribution in [3.05, 3.63) is 77.8 Å². The Balaban J connectivity index is 1.67. The first kappa shape index (κ1) is 24.5. The van der Waals surface area contributed by atoms with Crippen LogP contribution in [0.4, 0.5) is 10.2 Å². The van der Waals surface area contributed by atoms with Crippen LogP contribution in [0.2, 0.25) is 5.02 Å². The summed E-state index contributed by atoms with van der Waals surface area (Å²) < 4.78 is 57.6. The lowest BCUT2D eigenvalue weighted by atomic mass is 9.97. The quantitative estimate of drug-likeness (QED) is 0.285. The largest absolute Gasteiger partial charge is 0.496 e. The van der Waals surface area contributed by atoms with E-state index in [0.717, 1.165) is 0 Å². The molecule has 12 heteroatoms. The molecule has 0 aliphatic rings. The van der Waals surface area contributed by atoms with Gasteiger partial charge in [-0.25, -0.2) is 12.8 Å². The molecule has 0 aliphatic carbocycles. The SMILES string of the molecule is COc1cc(-c2cccc(F)c2)c(Cl)cc1-c1c(OC)nnc2cc(S(=O)(=O)Nc3ccon3)ccc12. The zero-order valence-electron chi connectivity index (χ0n) is 19.4. The van der Waals surface area contributed by atoms with Gasteiger partial charge in [0.2, 0.25) is 5.88 Å². The van der Waals surface area contributed by atoms with Gasteiger partial charge in [0, 0.05) is 27.6 Å². The number of hydrogen-bond acceptors (Lipinski definition) is 8. The van der Waals surface area contributed by atoms with Crippen LogP contribution >= 0.6 is 11.6 Å². The van der Waals surface area contributed by atoms with Gasteiger partial charge in [0.25, 0.3) is 10.0 Å². The van der Waals surface area contributed by atoms with Crippen LogP contribution in [-0.4, -0.2) is 38.0 Å². The Hall–Kier alpha value is -4.22. The van der Waals surface area contributed by atoms with E-state index < -0.39 is 15.8 Å². The maximum atomic E-state index is 13.8. The van der Waals surface area contributed by atoms with E-state index in [4.69, 9.17) is 21.1 Å². The van der Waals surface area contributed by atoms with Crippen LogP contribution in [0.15, 0.2) is 76.3 Å². The first-order valence-corrected chi connectivity index (χ1v) is 12.6. The zero-order chi connectivity index (χ0) is 26.2. The van der Waals surface area contributed by atoms with Gasteiger partial charge in [0.1, 0.15) is 17.8 Å². The van der Waals surface area contributed by atoms with Crippen molar-refractivity contribution in [2.45, 2.75) is 4.90 Å². The van der Waals surface area contributed by atoms with E-state index in [0.29, 0.717) is 38.4 Å². The van der Waals surface area contributed by atoms with Gasteiger partial charge in [-0.3, -0.25) is 4.72 Å². The number of nitrogens with one attached hydrogen (secondary N) is 1. The van der Waals surface area contributed by atoms with E-state index in [-0.39, 0.29) is 22.1 Å². The number of hydrogen-bond donors (Lipinski definition) is 1. The molecule has 2 aromatic heterocycles. The second kappa shape index (κ2) is 9.68. The maximum absolute atomic E-state index is 13.8. The number of rotatable bonds is 7. The number of nitrogens with zero attached hydrogens (tertiary/aromatic N) is 3. The van der Waals surface area contributed by atoms with Crippen molar-refractivity contribution in [3.63, 3.8) is 0 Å². The molecule has 5 rings (SSSR count). The van der Waals surface area contributed by atoms with Gasteiger partial charge < -0.3 is 14.0 Å². The Bertz CT molecular complexity index is 1730. The van der Waals surface area contributed by atoms with Crippen LogP contribution in [0, 0.1) is 5.82 Å². The summed E-state index contributed by atoms with van der Waals surface area (Å²) in [5.41, 5.74) is 2.45. The number of benzene rings is 3. The predicted molar refractivity (Wildman–Crippen MR) is 136 cm³/mol. The maximum Gasteiger partial charge on any atom is 0.263 e. The lowest BCUT2D eigenvalue weighted by Crippen LogP contribution is -2.13. The number of ether oxygens (including phenoxy) is 2. The molecule has 0 fully saturated rings. The number of aromatic nitrogens is 3. The topological polar surface area (TPSA) is 116 Å². The van der Waals surface area contributed by atoms with Gasteiger partial charge in [-0.2, -0.15) is 0 Å². The van der Waals surface area contributed by atoms with Crippen LogP contribution in [-0.2, 0) is 10.0 Å². The summed E-state index contributed by atoms with van der Waals surface area (Å²) in [5, 5.41) is 12.7. The summed E-state index contributed by atoms with van der Waals surface area (Å²) in [6.07, 6.45) is 1.25. The van der Waals surface area contributed by atoms with Crippen molar-refractivity contribution in [3.8, 4) is 33.9 Å². The molecule has 37 heavy (non-hydrogen) atoms. The Morgan fingerprint density at radius 1 is 0.973 bits per heavy atom. The summed E-state index contributed by atoms with van der Waals surface area (Å²) in [6.45, 7) is 0. The summed E-state index contributed by atoms with van der Waals surface area (Å²) in [7, 11) is -1.04. The molecule has 0 amide bonds. The minimum atomic E-state index is -3.98. The second-order valence-corrected chi connectivity index (χ2v) is 9.89. The fourth-order valence-corrected chi connectivity index (χ4v) is 5.18. The van der Waals surface area contributed by atoms with E-state index >= 15 is 0 Å². The summed E-state index contributed by atoms with van der Waals surface area (Å²) in [5.74, 6) is 0.239. The lowest BCUT2D eigenvalue weighted by Gasteiger charge is -2.16. The molecule has 0 bridgehead atoms. The van der Waals surface area contributed by atoms with E-state index in [1.165, 1.54) is 50.8 Å². The summed E-state index contributed by atoms with van der Waals surface area (Å²) in [6, 6.07) is 15.2. The molecule has 0 atom stereocenters. The highest BCUT2D eigenvalue weighted by Gasteiger charge is 2.22. The Morgan fingerprint density at radius 2 is 1.81 bits per heavy atom. The number of halogens is 2. The second-order valence-electron chi connectivity index (χ2n) is 7.80. The van der Waals surface area contributed by atoms with Crippen LogP contribution in [0.5, 0.6) is 11.6 Å². The first-order valence-electron chi connectivity index (χ1n) is 10.7. The average molecular weight is 541 g/mol. The molecule has 3 aromatic carbocycles. The molecule has 9 nitrogen and oxygen atoms in total. The van der Waals surface area contributed by atoms with E-state index in [1.54, 1.807) is 30.3 Å². The fraction of sp³-hybridized carbons (Fsp3) is 0.0800. The molecular formula is C25H18ClFN4O5S. The highest BCUT2D eigenvalue weighted by Crippen LogP contribution is 2.44.